The van der Waals surface area contributed by atoms with E-state index in [0.717, 1.165) is 0 Å². The first-order valence-electron chi connectivity index (χ1n) is 5.83. The van der Waals surface area contributed by atoms with Gasteiger partial charge in [-0.1, -0.05) is 17.7 Å². The Morgan fingerprint density at radius 1 is 1.45 bits per heavy atom. The summed E-state index contributed by atoms with van der Waals surface area (Å²) in [6.07, 6.45) is 0. The number of primary sulfonamides is 1. The Balaban J connectivity index is 2.61. The van der Waals surface area contributed by atoms with Crippen molar-refractivity contribution in [3.63, 3.8) is 0 Å². The first-order valence-corrected chi connectivity index (χ1v) is 7.93. The number of sulfonamides is 1. The third kappa shape index (κ3) is 5.77. The van der Waals surface area contributed by atoms with Crippen LogP contribution in [-0.2, 0) is 14.8 Å². The highest BCUT2D eigenvalue weighted by Gasteiger charge is 2.29. The monoisotopic (exact) mass is 320 g/mol. The lowest BCUT2D eigenvalue weighted by molar-refractivity contribution is -0.134. The molecule has 0 heterocycles. The number of hydrogen-bond donors (Lipinski definition) is 2. The fraction of sp³-hybridized carbons (Fsp3) is 0.417. The topological polar surface area (TPSA) is 98.5 Å². The summed E-state index contributed by atoms with van der Waals surface area (Å²) in [4.78, 5) is 11.9. The van der Waals surface area contributed by atoms with Gasteiger partial charge in [-0.05, 0) is 32.0 Å². The maximum absolute atomic E-state index is 11.9. The van der Waals surface area contributed by atoms with Crippen molar-refractivity contribution in [3.8, 4) is 5.75 Å². The molecule has 20 heavy (non-hydrogen) atoms. The second-order valence-corrected chi connectivity index (χ2v) is 6.86. The number of amides is 1. The van der Waals surface area contributed by atoms with Crippen LogP contribution < -0.4 is 15.2 Å². The third-order valence-electron chi connectivity index (χ3n) is 2.39. The van der Waals surface area contributed by atoms with Gasteiger partial charge in [-0.25, -0.2) is 13.6 Å². The molecular weight excluding hydrogens is 304 g/mol. The summed E-state index contributed by atoms with van der Waals surface area (Å²) >= 11 is 5.83. The van der Waals surface area contributed by atoms with Crippen LogP contribution in [0.25, 0.3) is 0 Å². The van der Waals surface area contributed by atoms with E-state index in [0.29, 0.717) is 10.8 Å². The van der Waals surface area contributed by atoms with Crippen molar-refractivity contribution in [1.29, 1.82) is 0 Å². The van der Waals surface area contributed by atoms with Crippen LogP contribution in [0.15, 0.2) is 24.3 Å². The summed E-state index contributed by atoms with van der Waals surface area (Å²) in [6.45, 7) is 3.07. The van der Waals surface area contributed by atoms with Crippen LogP contribution in [0.5, 0.6) is 5.75 Å². The Bertz CT molecular complexity index is 587. The van der Waals surface area contributed by atoms with E-state index in [9.17, 15) is 13.2 Å². The van der Waals surface area contributed by atoms with Gasteiger partial charge in [0.1, 0.15) is 5.75 Å². The summed E-state index contributed by atoms with van der Waals surface area (Å²) in [5.41, 5.74) is -1.16. The number of carbonyl (C=O) groups is 1. The lowest BCUT2D eigenvalue weighted by Crippen LogP contribution is -2.47. The molecular formula is C12H17ClN2O4S. The zero-order valence-corrected chi connectivity index (χ0v) is 12.8. The average molecular weight is 321 g/mol. The Hall–Kier alpha value is -1.31. The van der Waals surface area contributed by atoms with Gasteiger partial charge in [0, 0.05) is 11.6 Å². The van der Waals surface area contributed by atoms with Crippen LogP contribution in [0.2, 0.25) is 5.02 Å². The van der Waals surface area contributed by atoms with E-state index < -0.39 is 21.5 Å². The van der Waals surface area contributed by atoms with Gasteiger partial charge >= 0.3 is 0 Å². The zero-order valence-electron chi connectivity index (χ0n) is 11.2. The van der Waals surface area contributed by atoms with Crippen LogP contribution in [0.1, 0.15) is 13.8 Å². The third-order valence-corrected chi connectivity index (χ3v) is 3.40. The van der Waals surface area contributed by atoms with Gasteiger partial charge in [-0.3, -0.25) is 4.79 Å². The van der Waals surface area contributed by atoms with E-state index in [1.807, 2.05) is 0 Å². The van der Waals surface area contributed by atoms with Gasteiger partial charge in [0.2, 0.25) is 10.0 Å². The van der Waals surface area contributed by atoms with Crippen LogP contribution in [-0.4, -0.2) is 32.2 Å². The molecule has 0 fully saturated rings. The Kier molecular flexibility index (Phi) is 5.38. The summed E-state index contributed by atoms with van der Waals surface area (Å²) < 4.78 is 27.1. The number of rotatable bonds is 6. The molecule has 1 rings (SSSR count). The largest absolute Gasteiger partial charge is 0.478 e. The van der Waals surface area contributed by atoms with Crippen molar-refractivity contribution in [3.05, 3.63) is 29.3 Å². The molecule has 6 nitrogen and oxygen atoms in total. The van der Waals surface area contributed by atoms with Gasteiger partial charge in [0.25, 0.3) is 5.91 Å². The second kappa shape index (κ2) is 6.43. The van der Waals surface area contributed by atoms with E-state index >= 15 is 0 Å². The molecule has 0 radical (unpaired) electrons. The van der Waals surface area contributed by atoms with Crippen LogP contribution >= 0.6 is 11.6 Å². The van der Waals surface area contributed by atoms with E-state index in [2.05, 4.69) is 5.32 Å². The quantitative estimate of drug-likeness (QED) is 0.813. The minimum atomic E-state index is -3.60. The zero-order chi connectivity index (χ0) is 15.4. The van der Waals surface area contributed by atoms with Crippen LogP contribution in [0.3, 0.4) is 0 Å². The summed E-state index contributed by atoms with van der Waals surface area (Å²) in [5, 5.41) is 7.80. The van der Waals surface area contributed by atoms with Gasteiger partial charge < -0.3 is 10.1 Å². The number of hydrogen-bond acceptors (Lipinski definition) is 4. The van der Waals surface area contributed by atoms with Crippen molar-refractivity contribution in [1.82, 2.24) is 5.32 Å². The molecule has 0 aromatic heterocycles. The van der Waals surface area contributed by atoms with Gasteiger partial charge in [0.05, 0.1) is 5.75 Å². The number of benzene rings is 1. The van der Waals surface area contributed by atoms with Gasteiger partial charge in [0.15, 0.2) is 5.60 Å². The fourth-order valence-electron chi connectivity index (χ4n) is 1.39. The van der Waals surface area contributed by atoms with E-state index in [-0.39, 0.29) is 12.3 Å². The molecule has 1 amide bonds. The Labute approximate surface area is 123 Å². The Morgan fingerprint density at radius 3 is 2.65 bits per heavy atom. The number of carbonyl (C=O) groups excluding carboxylic acids is 1. The van der Waals surface area contributed by atoms with E-state index in [4.69, 9.17) is 21.5 Å². The van der Waals surface area contributed by atoms with Crippen LogP contribution in [0.4, 0.5) is 0 Å². The predicted molar refractivity (Wildman–Crippen MR) is 77.1 cm³/mol. The van der Waals surface area contributed by atoms with Gasteiger partial charge in [-0.2, -0.15) is 0 Å². The molecule has 1 aromatic rings. The Morgan fingerprint density at radius 2 is 2.10 bits per heavy atom. The van der Waals surface area contributed by atoms with Crippen molar-refractivity contribution in [2.75, 3.05) is 12.3 Å². The highest BCUT2D eigenvalue weighted by Crippen LogP contribution is 2.22. The molecule has 8 heteroatoms. The summed E-state index contributed by atoms with van der Waals surface area (Å²) in [6, 6.07) is 6.65. The molecule has 0 bridgehead atoms. The fourth-order valence-corrected chi connectivity index (χ4v) is 1.96. The smallest absolute Gasteiger partial charge is 0.263 e. The molecule has 0 saturated heterocycles. The molecule has 0 unspecified atom stereocenters. The molecule has 0 spiro atoms. The number of ether oxygens (including phenoxy) is 1. The van der Waals surface area contributed by atoms with E-state index in [1.54, 1.807) is 38.1 Å². The van der Waals surface area contributed by atoms with E-state index in [1.165, 1.54) is 0 Å². The number of nitrogens with two attached hydrogens (primary N) is 1. The van der Waals surface area contributed by atoms with Crippen LogP contribution in [0, 0.1) is 0 Å². The normalized spacial score (nSPS) is 12.0. The first kappa shape index (κ1) is 16.7. The summed E-state index contributed by atoms with van der Waals surface area (Å²) in [5.74, 6) is -0.323. The second-order valence-electron chi connectivity index (χ2n) is 4.69. The maximum atomic E-state index is 11.9. The first-order chi connectivity index (χ1) is 9.10. The minimum absolute atomic E-state index is 0.0694. The molecule has 112 valence electrons. The highest BCUT2D eigenvalue weighted by molar-refractivity contribution is 7.89. The minimum Gasteiger partial charge on any atom is -0.478 e. The van der Waals surface area contributed by atoms with Crippen molar-refractivity contribution in [2.45, 2.75) is 19.4 Å². The SMILES string of the molecule is CC(C)(Oc1cccc(Cl)c1)C(=O)NCCS(N)(=O)=O. The van der Waals surface area contributed by atoms with Gasteiger partial charge in [-0.15, -0.1) is 0 Å². The summed E-state index contributed by atoms with van der Waals surface area (Å²) in [7, 11) is -3.60. The molecule has 3 N–H and O–H groups in total. The van der Waals surface area contributed by atoms with Crippen molar-refractivity contribution < 1.29 is 17.9 Å². The molecule has 0 aliphatic rings. The van der Waals surface area contributed by atoms with Crippen molar-refractivity contribution >= 4 is 27.5 Å². The maximum Gasteiger partial charge on any atom is 0.263 e. The lowest BCUT2D eigenvalue weighted by atomic mass is 10.1. The highest BCUT2D eigenvalue weighted by atomic mass is 35.5. The molecule has 0 aliphatic heterocycles. The van der Waals surface area contributed by atoms with Crippen molar-refractivity contribution in [2.24, 2.45) is 5.14 Å². The average Bonchev–Trinajstić information content (AvgIpc) is 2.26. The standard InChI is InChI=1S/C12H17ClN2O4S/c1-12(2,11(16)15-6-7-20(14,17)18)19-10-5-3-4-9(13)8-10/h3-5,8H,6-7H2,1-2H3,(H,15,16)(H2,14,17,18). The molecule has 0 atom stereocenters. The number of halogens is 1. The number of nitrogens with one attached hydrogen (secondary N) is 1. The molecule has 0 aliphatic carbocycles. The molecule has 1 aromatic carbocycles. The lowest BCUT2D eigenvalue weighted by Gasteiger charge is -2.25. The predicted octanol–water partition coefficient (Wildman–Crippen LogP) is 0.902. The molecule has 0 saturated carbocycles.